The third-order valence-electron chi connectivity index (χ3n) is 3.38. The highest BCUT2D eigenvalue weighted by Gasteiger charge is 2.47. The van der Waals surface area contributed by atoms with E-state index in [0.29, 0.717) is 6.61 Å². The zero-order chi connectivity index (χ0) is 10.9. The van der Waals surface area contributed by atoms with E-state index in [-0.39, 0.29) is 11.5 Å². The summed E-state index contributed by atoms with van der Waals surface area (Å²) in [5.74, 6) is 0.960. The van der Waals surface area contributed by atoms with Gasteiger partial charge in [0.25, 0.3) is 0 Å². The molecule has 0 saturated heterocycles. The predicted octanol–water partition coefficient (Wildman–Crippen LogP) is 2.46. The fourth-order valence-electron chi connectivity index (χ4n) is 2.20. The summed E-state index contributed by atoms with van der Waals surface area (Å²) in [5, 5.41) is 0. The van der Waals surface area contributed by atoms with Crippen molar-refractivity contribution in [3.63, 3.8) is 0 Å². The van der Waals surface area contributed by atoms with Crippen molar-refractivity contribution in [1.82, 2.24) is 0 Å². The van der Waals surface area contributed by atoms with Crippen LogP contribution >= 0.6 is 0 Å². The lowest BCUT2D eigenvalue weighted by molar-refractivity contribution is 0.339. The number of ether oxygens (including phenoxy) is 1. The molecule has 0 radical (unpaired) electrons. The molecule has 0 spiro atoms. The topological polar surface area (TPSA) is 35.2 Å². The van der Waals surface area contributed by atoms with Gasteiger partial charge in [-0.3, -0.25) is 0 Å². The lowest BCUT2D eigenvalue weighted by Gasteiger charge is -2.20. The number of rotatable bonds is 4. The predicted molar refractivity (Wildman–Crippen MR) is 62.2 cm³/mol. The quantitative estimate of drug-likeness (QED) is 0.819. The maximum absolute atomic E-state index is 6.05. The first kappa shape index (κ1) is 10.5. The number of nitrogens with two attached hydrogens (primary N) is 1. The molecule has 1 aromatic carbocycles. The molecule has 1 aliphatic carbocycles. The molecule has 1 aromatic rings. The Hall–Kier alpha value is -1.02. The van der Waals surface area contributed by atoms with Gasteiger partial charge < -0.3 is 10.5 Å². The van der Waals surface area contributed by atoms with E-state index in [1.165, 1.54) is 18.4 Å². The molecule has 0 aromatic heterocycles. The lowest BCUT2D eigenvalue weighted by Crippen LogP contribution is -2.31. The van der Waals surface area contributed by atoms with Crippen LogP contribution in [0.4, 0.5) is 0 Å². The highest BCUT2D eigenvalue weighted by atomic mass is 16.5. The Morgan fingerprint density at radius 3 is 2.73 bits per heavy atom. The minimum atomic E-state index is 0.229. The molecule has 0 aliphatic heterocycles. The van der Waals surface area contributed by atoms with E-state index in [9.17, 15) is 0 Å². The van der Waals surface area contributed by atoms with Crippen molar-refractivity contribution in [2.45, 2.75) is 38.1 Å². The number of hydrogen-bond donors (Lipinski definition) is 1. The van der Waals surface area contributed by atoms with Crippen LogP contribution in [0.5, 0.6) is 5.75 Å². The van der Waals surface area contributed by atoms with E-state index < -0.39 is 0 Å². The molecular weight excluding hydrogens is 186 g/mol. The van der Waals surface area contributed by atoms with Gasteiger partial charge in [-0.2, -0.15) is 0 Å². The minimum Gasteiger partial charge on any atom is -0.494 e. The van der Waals surface area contributed by atoms with Gasteiger partial charge in [-0.1, -0.05) is 12.1 Å². The van der Waals surface area contributed by atoms with Gasteiger partial charge in [0.2, 0.25) is 0 Å². The zero-order valence-electron chi connectivity index (χ0n) is 9.49. The second kappa shape index (κ2) is 3.86. The normalized spacial score (nSPS) is 19.7. The van der Waals surface area contributed by atoms with Gasteiger partial charge in [-0.05, 0) is 44.4 Å². The van der Waals surface area contributed by atoms with Crippen molar-refractivity contribution in [2.24, 2.45) is 5.73 Å². The van der Waals surface area contributed by atoms with Gasteiger partial charge in [0.05, 0.1) is 6.61 Å². The number of hydrogen-bond acceptors (Lipinski definition) is 2. The van der Waals surface area contributed by atoms with E-state index >= 15 is 0 Å². The standard InChI is InChI=1S/C13H19NO/c1-3-15-12-6-4-5-11(9-12)13(7-8-13)10(2)14/h4-6,9-10H,3,7-8,14H2,1-2H3. The molecule has 1 saturated carbocycles. The van der Waals surface area contributed by atoms with Crippen molar-refractivity contribution < 1.29 is 4.74 Å². The summed E-state index contributed by atoms with van der Waals surface area (Å²) >= 11 is 0. The first-order valence-electron chi connectivity index (χ1n) is 5.68. The lowest BCUT2D eigenvalue weighted by atomic mass is 9.89. The van der Waals surface area contributed by atoms with Gasteiger partial charge in [0.15, 0.2) is 0 Å². The van der Waals surface area contributed by atoms with Crippen molar-refractivity contribution in [2.75, 3.05) is 6.61 Å². The minimum absolute atomic E-state index is 0.229. The van der Waals surface area contributed by atoms with E-state index in [0.717, 1.165) is 5.75 Å². The molecule has 1 fully saturated rings. The van der Waals surface area contributed by atoms with Gasteiger partial charge in [-0.15, -0.1) is 0 Å². The van der Waals surface area contributed by atoms with E-state index in [4.69, 9.17) is 10.5 Å². The first-order valence-corrected chi connectivity index (χ1v) is 5.68. The SMILES string of the molecule is CCOc1cccc(C2(C(C)N)CC2)c1. The van der Waals surface area contributed by atoms with Crippen LogP contribution in [0.3, 0.4) is 0 Å². The Labute approximate surface area is 91.4 Å². The molecule has 1 unspecified atom stereocenters. The summed E-state index contributed by atoms with van der Waals surface area (Å²) in [7, 11) is 0. The fraction of sp³-hybridized carbons (Fsp3) is 0.538. The molecule has 2 N–H and O–H groups in total. The maximum Gasteiger partial charge on any atom is 0.119 e. The second-order valence-corrected chi connectivity index (χ2v) is 4.41. The largest absolute Gasteiger partial charge is 0.494 e. The van der Waals surface area contributed by atoms with E-state index in [2.05, 4.69) is 25.1 Å². The fourth-order valence-corrected chi connectivity index (χ4v) is 2.20. The van der Waals surface area contributed by atoms with Crippen LogP contribution < -0.4 is 10.5 Å². The van der Waals surface area contributed by atoms with Crippen LogP contribution in [-0.4, -0.2) is 12.6 Å². The molecule has 1 atom stereocenters. The van der Waals surface area contributed by atoms with Gasteiger partial charge in [0, 0.05) is 11.5 Å². The Morgan fingerprint density at radius 1 is 1.47 bits per heavy atom. The zero-order valence-corrected chi connectivity index (χ0v) is 9.49. The summed E-state index contributed by atoms with van der Waals surface area (Å²) in [6.45, 7) is 4.82. The molecule has 1 aliphatic rings. The van der Waals surface area contributed by atoms with Crippen LogP contribution in [0.25, 0.3) is 0 Å². The highest BCUT2D eigenvalue weighted by molar-refractivity contribution is 5.38. The Bertz CT molecular complexity index is 342. The third-order valence-corrected chi connectivity index (χ3v) is 3.38. The van der Waals surface area contributed by atoms with Crippen LogP contribution in [0.2, 0.25) is 0 Å². The average molecular weight is 205 g/mol. The van der Waals surface area contributed by atoms with Crippen molar-refractivity contribution >= 4 is 0 Å². The van der Waals surface area contributed by atoms with Gasteiger partial charge in [-0.25, -0.2) is 0 Å². The van der Waals surface area contributed by atoms with Crippen molar-refractivity contribution in [1.29, 1.82) is 0 Å². The Kier molecular flexibility index (Phi) is 2.70. The molecule has 0 bridgehead atoms. The van der Waals surface area contributed by atoms with Crippen LogP contribution in [0.15, 0.2) is 24.3 Å². The Morgan fingerprint density at radius 2 is 2.20 bits per heavy atom. The summed E-state index contributed by atoms with van der Waals surface area (Å²) in [5.41, 5.74) is 7.61. The summed E-state index contributed by atoms with van der Waals surface area (Å²) in [6, 6.07) is 8.60. The number of benzene rings is 1. The van der Waals surface area contributed by atoms with Crippen LogP contribution in [0, 0.1) is 0 Å². The molecule has 2 nitrogen and oxygen atoms in total. The second-order valence-electron chi connectivity index (χ2n) is 4.41. The molecule has 82 valence electrons. The molecule has 0 heterocycles. The van der Waals surface area contributed by atoms with E-state index in [1.807, 2.05) is 13.0 Å². The summed E-state index contributed by atoms with van der Waals surface area (Å²) in [6.07, 6.45) is 2.42. The third kappa shape index (κ3) is 1.86. The van der Waals surface area contributed by atoms with Crippen LogP contribution in [0.1, 0.15) is 32.3 Å². The molecule has 0 amide bonds. The van der Waals surface area contributed by atoms with Crippen LogP contribution in [-0.2, 0) is 5.41 Å². The monoisotopic (exact) mass is 205 g/mol. The first-order chi connectivity index (χ1) is 7.19. The average Bonchev–Trinajstić information content (AvgIpc) is 2.99. The highest BCUT2D eigenvalue weighted by Crippen LogP contribution is 2.50. The summed E-state index contributed by atoms with van der Waals surface area (Å²) in [4.78, 5) is 0. The Balaban J connectivity index is 2.25. The molecule has 15 heavy (non-hydrogen) atoms. The molecule has 2 heteroatoms. The summed E-state index contributed by atoms with van der Waals surface area (Å²) < 4.78 is 5.51. The van der Waals surface area contributed by atoms with Gasteiger partial charge >= 0.3 is 0 Å². The van der Waals surface area contributed by atoms with Crippen molar-refractivity contribution in [3.8, 4) is 5.75 Å². The van der Waals surface area contributed by atoms with Crippen molar-refractivity contribution in [3.05, 3.63) is 29.8 Å². The molecular formula is C13H19NO. The molecule has 2 rings (SSSR count). The van der Waals surface area contributed by atoms with Gasteiger partial charge in [0.1, 0.15) is 5.75 Å². The van der Waals surface area contributed by atoms with E-state index in [1.54, 1.807) is 0 Å². The smallest absolute Gasteiger partial charge is 0.119 e. The maximum atomic E-state index is 6.05.